The van der Waals surface area contributed by atoms with Gasteiger partial charge in [-0.05, 0) is 26.0 Å². The summed E-state index contributed by atoms with van der Waals surface area (Å²) < 4.78 is 10.8. The van der Waals surface area contributed by atoms with E-state index in [0.717, 1.165) is 28.9 Å². The Balaban J connectivity index is 2.28. The summed E-state index contributed by atoms with van der Waals surface area (Å²) in [5.41, 5.74) is 0. The number of fused-ring (bicyclic) bond motifs is 1. The van der Waals surface area contributed by atoms with Crippen LogP contribution in [0.2, 0.25) is 0 Å². The lowest BCUT2D eigenvalue weighted by atomic mass is 10.1. The van der Waals surface area contributed by atoms with Gasteiger partial charge < -0.3 is 14.8 Å². The number of nitrogens with zero attached hydrogens (tertiary/aromatic N) is 1. The largest absolute Gasteiger partial charge is 0.496 e. The van der Waals surface area contributed by atoms with Gasteiger partial charge in [0, 0.05) is 29.6 Å². The van der Waals surface area contributed by atoms with E-state index in [9.17, 15) is 0 Å². The standard InChI is InChI=1S/C15H20N2O2/c1-4-19-10-11(2)17-15-13-6-5-7-14(18-3)12(13)8-9-16-15/h5-9,11H,4,10H2,1-3H3,(H,16,17). The third kappa shape index (κ3) is 3.15. The van der Waals surface area contributed by atoms with Crippen LogP contribution in [0.4, 0.5) is 5.82 Å². The summed E-state index contributed by atoms with van der Waals surface area (Å²) in [6.45, 7) is 5.46. The molecule has 0 saturated carbocycles. The quantitative estimate of drug-likeness (QED) is 0.866. The molecule has 1 aromatic carbocycles. The Bertz CT molecular complexity index is 543. The first kappa shape index (κ1) is 13.6. The molecule has 0 aliphatic rings. The van der Waals surface area contributed by atoms with Crippen molar-refractivity contribution in [1.82, 2.24) is 4.98 Å². The Morgan fingerprint density at radius 3 is 2.84 bits per heavy atom. The van der Waals surface area contributed by atoms with Gasteiger partial charge in [0.05, 0.1) is 13.7 Å². The van der Waals surface area contributed by atoms with Crippen LogP contribution in [0.15, 0.2) is 30.5 Å². The van der Waals surface area contributed by atoms with E-state index in [1.807, 2.05) is 31.2 Å². The van der Waals surface area contributed by atoms with Gasteiger partial charge in [-0.2, -0.15) is 0 Å². The zero-order valence-electron chi connectivity index (χ0n) is 11.6. The van der Waals surface area contributed by atoms with Crippen LogP contribution in [0, 0.1) is 0 Å². The zero-order valence-corrected chi connectivity index (χ0v) is 11.6. The first-order valence-corrected chi connectivity index (χ1v) is 6.52. The number of hydrogen-bond acceptors (Lipinski definition) is 4. The molecule has 1 N–H and O–H groups in total. The molecule has 0 saturated heterocycles. The van der Waals surface area contributed by atoms with Gasteiger partial charge in [0.1, 0.15) is 11.6 Å². The Hall–Kier alpha value is -1.81. The number of anilines is 1. The van der Waals surface area contributed by atoms with Gasteiger partial charge in [0.2, 0.25) is 0 Å². The molecule has 1 aromatic heterocycles. The van der Waals surface area contributed by atoms with Gasteiger partial charge in [-0.25, -0.2) is 4.98 Å². The summed E-state index contributed by atoms with van der Waals surface area (Å²) in [6.07, 6.45) is 1.79. The normalized spacial score (nSPS) is 12.4. The van der Waals surface area contributed by atoms with Crippen molar-refractivity contribution in [3.8, 4) is 5.75 Å². The molecule has 0 aliphatic carbocycles. The maximum absolute atomic E-state index is 5.41. The molecule has 0 bridgehead atoms. The number of methoxy groups -OCH3 is 1. The van der Waals surface area contributed by atoms with Gasteiger partial charge in [0.15, 0.2) is 0 Å². The number of rotatable bonds is 6. The minimum Gasteiger partial charge on any atom is -0.496 e. The second kappa shape index (κ2) is 6.38. The molecule has 0 fully saturated rings. The molecule has 0 spiro atoms. The Morgan fingerprint density at radius 2 is 2.11 bits per heavy atom. The van der Waals surface area contributed by atoms with Gasteiger partial charge in [-0.15, -0.1) is 0 Å². The van der Waals surface area contributed by atoms with Gasteiger partial charge in [0.25, 0.3) is 0 Å². The van der Waals surface area contributed by atoms with E-state index in [2.05, 4.69) is 17.2 Å². The number of ether oxygens (including phenoxy) is 2. The minimum absolute atomic E-state index is 0.212. The van der Waals surface area contributed by atoms with E-state index in [0.29, 0.717) is 6.61 Å². The lowest BCUT2D eigenvalue weighted by Crippen LogP contribution is -2.22. The van der Waals surface area contributed by atoms with Crippen molar-refractivity contribution in [1.29, 1.82) is 0 Å². The molecule has 0 aliphatic heterocycles. The van der Waals surface area contributed by atoms with Crippen LogP contribution in [-0.4, -0.2) is 31.3 Å². The summed E-state index contributed by atoms with van der Waals surface area (Å²) in [4.78, 5) is 4.41. The second-order valence-corrected chi connectivity index (χ2v) is 4.42. The fourth-order valence-corrected chi connectivity index (χ4v) is 2.04. The van der Waals surface area contributed by atoms with Crippen LogP contribution < -0.4 is 10.1 Å². The smallest absolute Gasteiger partial charge is 0.134 e. The molecule has 1 unspecified atom stereocenters. The number of aromatic nitrogens is 1. The average molecular weight is 260 g/mol. The fraction of sp³-hybridized carbons (Fsp3) is 0.400. The van der Waals surface area contributed by atoms with Crippen LogP contribution in [0.1, 0.15) is 13.8 Å². The SMILES string of the molecule is CCOCC(C)Nc1nccc2c(OC)cccc12. The highest BCUT2D eigenvalue weighted by Gasteiger charge is 2.08. The van der Waals surface area contributed by atoms with Crippen molar-refractivity contribution >= 4 is 16.6 Å². The second-order valence-electron chi connectivity index (χ2n) is 4.42. The average Bonchev–Trinajstić information content (AvgIpc) is 2.45. The molecule has 2 aromatic rings. The number of benzene rings is 1. The highest BCUT2D eigenvalue weighted by Crippen LogP contribution is 2.29. The highest BCUT2D eigenvalue weighted by atomic mass is 16.5. The summed E-state index contributed by atoms with van der Waals surface area (Å²) in [5, 5.41) is 5.50. The van der Waals surface area contributed by atoms with E-state index in [4.69, 9.17) is 9.47 Å². The Labute approximate surface area is 113 Å². The van der Waals surface area contributed by atoms with Crippen molar-refractivity contribution in [2.75, 3.05) is 25.6 Å². The molecule has 1 atom stereocenters. The molecule has 0 amide bonds. The van der Waals surface area contributed by atoms with E-state index in [1.54, 1.807) is 13.3 Å². The first-order valence-electron chi connectivity index (χ1n) is 6.52. The lowest BCUT2D eigenvalue weighted by Gasteiger charge is -2.16. The molecule has 2 rings (SSSR count). The lowest BCUT2D eigenvalue weighted by molar-refractivity contribution is 0.141. The van der Waals surface area contributed by atoms with Gasteiger partial charge in [-0.3, -0.25) is 0 Å². The molecule has 19 heavy (non-hydrogen) atoms. The number of pyridine rings is 1. The fourth-order valence-electron chi connectivity index (χ4n) is 2.04. The van der Waals surface area contributed by atoms with Crippen molar-refractivity contribution in [3.05, 3.63) is 30.5 Å². The van der Waals surface area contributed by atoms with Crippen LogP contribution >= 0.6 is 0 Å². The molecule has 102 valence electrons. The molecular formula is C15H20N2O2. The first-order chi connectivity index (χ1) is 9.26. The van der Waals surface area contributed by atoms with Crippen molar-refractivity contribution in [2.45, 2.75) is 19.9 Å². The van der Waals surface area contributed by atoms with Crippen molar-refractivity contribution in [2.24, 2.45) is 0 Å². The summed E-state index contributed by atoms with van der Waals surface area (Å²) in [7, 11) is 1.68. The Morgan fingerprint density at radius 1 is 1.26 bits per heavy atom. The van der Waals surface area contributed by atoms with Crippen molar-refractivity contribution in [3.63, 3.8) is 0 Å². The summed E-state index contributed by atoms with van der Waals surface area (Å²) >= 11 is 0. The predicted octanol–water partition coefficient (Wildman–Crippen LogP) is 3.08. The van der Waals surface area contributed by atoms with Gasteiger partial charge >= 0.3 is 0 Å². The van der Waals surface area contributed by atoms with Crippen LogP contribution in [-0.2, 0) is 4.74 Å². The maximum atomic E-state index is 5.41. The van der Waals surface area contributed by atoms with E-state index in [-0.39, 0.29) is 6.04 Å². The maximum Gasteiger partial charge on any atom is 0.134 e. The molecular weight excluding hydrogens is 240 g/mol. The van der Waals surface area contributed by atoms with E-state index >= 15 is 0 Å². The number of hydrogen-bond donors (Lipinski definition) is 1. The molecule has 4 nitrogen and oxygen atoms in total. The van der Waals surface area contributed by atoms with Gasteiger partial charge in [-0.1, -0.05) is 12.1 Å². The summed E-state index contributed by atoms with van der Waals surface area (Å²) in [5.74, 6) is 1.73. The predicted molar refractivity (Wildman–Crippen MR) is 77.9 cm³/mol. The monoisotopic (exact) mass is 260 g/mol. The van der Waals surface area contributed by atoms with Crippen LogP contribution in [0.5, 0.6) is 5.75 Å². The van der Waals surface area contributed by atoms with E-state index in [1.165, 1.54) is 0 Å². The van der Waals surface area contributed by atoms with Crippen LogP contribution in [0.3, 0.4) is 0 Å². The Kier molecular flexibility index (Phi) is 4.58. The third-order valence-electron chi connectivity index (χ3n) is 2.94. The minimum atomic E-state index is 0.212. The topological polar surface area (TPSA) is 43.4 Å². The summed E-state index contributed by atoms with van der Waals surface area (Å²) in [6, 6.07) is 8.15. The molecule has 0 radical (unpaired) electrons. The third-order valence-corrected chi connectivity index (χ3v) is 2.94. The zero-order chi connectivity index (χ0) is 13.7. The van der Waals surface area contributed by atoms with E-state index < -0.39 is 0 Å². The molecule has 4 heteroatoms. The van der Waals surface area contributed by atoms with Crippen LogP contribution in [0.25, 0.3) is 10.8 Å². The number of nitrogens with one attached hydrogen (secondary N) is 1. The highest BCUT2D eigenvalue weighted by molar-refractivity contribution is 5.95. The molecule has 1 heterocycles. The van der Waals surface area contributed by atoms with Crippen molar-refractivity contribution < 1.29 is 9.47 Å².